The molecular weight excluding hydrogens is 256 g/mol. The second-order valence-corrected chi connectivity index (χ2v) is 5.11. The Morgan fingerprint density at radius 1 is 1.53 bits per heavy atom. The van der Waals surface area contributed by atoms with Gasteiger partial charge in [-0.3, -0.25) is 0 Å². The molecule has 0 aromatic carbocycles. The summed E-state index contributed by atoms with van der Waals surface area (Å²) in [5.74, 6) is 1.46. The number of aryl methyl sites for hydroxylation is 1. The number of aromatic nitrogens is 1. The van der Waals surface area contributed by atoms with Crippen molar-refractivity contribution >= 4 is 22.9 Å². The Balaban J connectivity index is 2.10. The zero-order chi connectivity index (χ0) is 12.3. The summed E-state index contributed by atoms with van der Waals surface area (Å²) in [6, 6.07) is 0. The van der Waals surface area contributed by atoms with Gasteiger partial charge in [-0.1, -0.05) is 18.5 Å². The number of halogens is 1. The summed E-state index contributed by atoms with van der Waals surface area (Å²) in [7, 11) is 0. The molecule has 0 atom stereocenters. The Bertz CT molecular complexity index is 492. The number of hydrogen-bond acceptors (Lipinski definition) is 4. The summed E-state index contributed by atoms with van der Waals surface area (Å²) in [4.78, 5) is 5.19. The fourth-order valence-electron chi connectivity index (χ4n) is 1.47. The summed E-state index contributed by atoms with van der Waals surface area (Å²) in [5, 5.41) is 6.04. The van der Waals surface area contributed by atoms with Crippen LogP contribution < -0.4 is 5.32 Å². The molecule has 0 spiro atoms. The van der Waals surface area contributed by atoms with E-state index >= 15 is 0 Å². The van der Waals surface area contributed by atoms with Gasteiger partial charge in [0.1, 0.15) is 0 Å². The standard InChI is InChI=1S/C12H15ClN2OS/c1-3-4-14-6-10-15-5-9(16-10)12-11(13)8(2)7-17-12/h5,7,14H,3-4,6H2,1-2H3. The molecule has 0 saturated carbocycles. The van der Waals surface area contributed by atoms with Gasteiger partial charge in [0.25, 0.3) is 0 Å². The lowest BCUT2D eigenvalue weighted by atomic mass is 10.3. The molecule has 5 heteroatoms. The topological polar surface area (TPSA) is 38.1 Å². The van der Waals surface area contributed by atoms with Gasteiger partial charge >= 0.3 is 0 Å². The Hall–Kier alpha value is -0.840. The molecule has 0 fully saturated rings. The van der Waals surface area contributed by atoms with E-state index in [-0.39, 0.29) is 0 Å². The molecule has 2 aromatic heterocycles. The predicted molar refractivity (Wildman–Crippen MR) is 71.6 cm³/mol. The summed E-state index contributed by atoms with van der Waals surface area (Å²) < 4.78 is 5.66. The fourth-order valence-corrected chi connectivity index (χ4v) is 2.70. The van der Waals surface area contributed by atoms with Crippen molar-refractivity contribution in [1.82, 2.24) is 10.3 Å². The molecule has 0 aliphatic heterocycles. The zero-order valence-electron chi connectivity index (χ0n) is 9.92. The highest BCUT2D eigenvalue weighted by molar-refractivity contribution is 7.14. The van der Waals surface area contributed by atoms with Crippen LogP contribution in [-0.4, -0.2) is 11.5 Å². The monoisotopic (exact) mass is 270 g/mol. The zero-order valence-corrected chi connectivity index (χ0v) is 11.5. The van der Waals surface area contributed by atoms with Gasteiger partial charge in [0.05, 0.1) is 22.6 Å². The van der Waals surface area contributed by atoms with Crippen molar-refractivity contribution in [2.75, 3.05) is 6.54 Å². The number of rotatable bonds is 5. The van der Waals surface area contributed by atoms with E-state index in [1.807, 2.05) is 12.3 Å². The van der Waals surface area contributed by atoms with Crippen molar-refractivity contribution in [3.63, 3.8) is 0 Å². The molecule has 0 amide bonds. The molecule has 0 aliphatic rings. The molecule has 0 radical (unpaired) electrons. The lowest BCUT2D eigenvalue weighted by Crippen LogP contribution is -2.13. The van der Waals surface area contributed by atoms with Crippen LogP contribution in [0, 0.1) is 6.92 Å². The number of thiophene rings is 1. The molecule has 2 rings (SSSR count). The minimum Gasteiger partial charge on any atom is -0.438 e. The molecule has 0 saturated heterocycles. The highest BCUT2D eigenvalue weighted by Gasteiger charge is 2.13. The van der Waals surface area contributed by atoms with Crippen molar-refractivity contribution < 1.29 is 4.42 Å². The number of hydrogen-bond donors (Lipinski definition) is 1. The quantitative estimate of drug-likeness (QED) is 0.839. The van der Waals surface area contributed by atoms with E-state index in [1.165, 1.54) is 0 Å². The van der Waals surface area contributed by atoms with Gasteiger partial charge in [0.2, 0.25) is 5.89 Å². The van der Waals surface area contributed by atoms with Gasteiger partial charge in [-0.25, -0.2) is 4.98 Å². The van der Waals surface area contributed by atoms with Crippen LogP contribution in [-0.2, 0) is 6.54 Å². The number of oxazole rings is 1. The largest absolute Gasteiger partial charge is 0.438 e. The van der Waals surface area contributed by atoms with Gasteiger partial charge in [0, 0.05) is 0 Å². The second-order valence-electron chi connectivity index (χ2n) is 3.86. The van der Waals surface area contributed by atoms with E-state index in [4.69, 9.17) is 16.0 Å². The van der Waals surface area contributed by atoms with E-state index in [2.05, 4.69) is 17.2 Å². The molecule has 17 heavy (non-hydrogen) atoms. The van der Waals surface area contributed by atoms with Crippen molar-refractivity contribution in [2.24, 2.45) is 0 Å². The predicted octanol–water partition coefficient (Wildman–Crippen LogP) is 3.86. The Morgan fingerprint density at radius 2 is 2.35 bits per heavy atom. The maximum Gasteiger partial charge on any atom is 0.208 e. The fraction of sp³-hybridized carbons (Fsp3) is 0.417. The first kappa shape index (κ1) is 12.6. The van der Waals surface area contributed by atoms with Gasteiger partial charge < -0.3 is 9.73 Å². The normalized spacial score (nSPS) is 11.0. The van der Waals surface area contributed by atoms with Crippen LogP contribution >= 0.6 is 22.9 Å². The van der Waals surface area contributed by atoms with Gasteiger partial charge in [-0.2, -0.15) is 0 Å². The van der Waals surface area contributed by atoms with E-state index in [9.17, 15) is 0 Å². The van der Waals surface area contributed by atoms with Gasteiger partial charge in [-0.15, -0.1) is 11.3 Å². The SMILES string of the molecule is CCCNCc1ncc(-c2scc(C)c2Cl)o1. The number of nitrogens with zero attached hydrogens (tertiary/aromatic N) is 1. The first-order valence-electron chi connectivity index (χ1n) is 5.61. The molecule has 2 aromatic rings. The van der Waals surface area contributed by atoms with Gasteiger partial charge in [0.15, 0.2) is 5.76 Å². The molecule has 92 valence electrons. The van der Waals surface area contributed by atoms with Crippen molar-refractivity contribution in [1.29, 1.82) is 0 Å². The molecule has 1 N–H and O–H groups in total. The Kier molecular flexibility index (Phi) is 4.20. The second kappa shape index (κ2) is 5.67. The minimum absolute atomic E-state index is 0.663. The van der Waals surface area contributed by atoms with Crippen molar-refractivity contribution in [2.45, 2.75) is 26.8 Å². The Morgan fingerprint density at radius 3 is 3.00 bits per heavy atom. The molecule has 0 unspecified atom stereocenters. The van der Waals surface area contributed by atoms with Gasteiger partial charge in [-0.05, 0) is 30.8 Å². The highest BCUT2D eigenvalue weighted by Crippen LogP contribution is 2.36. The molecular formula is C12H15ClN2OS. The third kappa shape index (κ3) is 2.89. The third-order valence-electron chi connectivity index (χ3n) is 2.38. The maximum absolute atomic E-state index is 6.19. The van der Waals surface area contributed by atoms with Crippen LogP contribution in [0.5, 0.6) is 0 Å². The molecule has 0 aliphatic carbocycles. The smallest absolute Gasteiger partial charge is 0.208 e. The maximum atomic E-state index is 6.19. The van der Waals surface area contributed by atoms with Crippen molar-refractivity contribution in [3.05, 3.63) is 28.1 Å². The molecule has 0 bridgehead atoms. The number of nitrogens with one attached hydrogen (secondary N) is 1. The molecule has 3 nitrogen and oxygen atoms in total. The minimum atomic E-state index is 0.663. The molecule has 2 heterocycles. The summed E-state index contributed by atoms with van der Waals surface area (Å²) in [6.07, 6.45) is 2.84. The summed E-state index contributed by atoms with van der Waals surface area (Å²) >= 11 is 7.77. The van der Waals surface area contributed by atoms with E-state index in [0.29, 0.717) is 12.4 Å². The van der Waals surface area contributed by atoms with Crippen LogP contribution in [0.1, 0.15) is 24.8 Å². The summed E-state index contributed by atoms with van der Waals surface area (Å²) in [6.45, 7) is 5.75. The average Bonchev–Trinajstić information content (AvgIpc) is 2.89. The van der Waals surface area contributed by atoms with E-state index < -0.39 is 0 Å². The highest BCUT2D eigenvalue weighted by atomic mass is 35.5. The van der Waals surface area contributed by atoms with E-state index in [1.54, 1.807) is 17.5 Å². The summed E-state index contributed by atoms with van der Waals surface area (Å²) in [5.41, 5.74) is 1.08. The lowest BCUT2D eigenvalue weighted by molar-refractivity contribution is 0.478. The third-order valence-corrected chi connectivity index (χ3v) is 4.09. The Labute approximate surface area is 110 Å². The van der Waals surface area contributed by atoms with E-state index in [0.717, 1.165) is 34.2 Å². The average molecular weight is 271 g/mol. The van der Waals surface area contributed by atoms with Crippen LogP contribution in [0.3, 0.4) is 0 Å². The lowest BCUT2D eigenvalue weighted by Gasteiger charge is -1.97. The van der Waals surface area contributed by atoms with Crippen LogP contribution in [0.4, 0.5) is 0 Å². The van der Waals surface area contributed by atoms with Crippen LogP contribution in [0.2, 0.25) is 5.02 Å². The first-order chi connectivity index (χ1) is 8.22. The van der Waals surface area contributed by atoms with Crippen LogP contribution in [0.25, 0.3) is 10.6 Å². The van der Waals surface area contributed by atoms with Crippen molar-refractivity contribution in [3.8, 4) is 10.6 Å². The van der Waals surface area contributed by atoms with Crippen LogP contribution in [0.15, 0.2) is 16.0 Å². The first-order valence-corrected chi connectivity index (χ1v) is 6.87.